The van der Waals surface area contributed by atoms with Gasteiger partial charge in [-0.3, -0.25) is 0 Å². The highest BCUT2D eigenvalue weighted by atomic mass is 15.0. The number of nitrogens with two attached hydrogens (primary N) is 1. The lowest BCUT2D eigenvalue weighted by molar-refractivity contribution is 0.386. The van der Waals surface area contributed by atoms with Crippen LogP contribution in [0.2, 0.25) is 0 Å². The third-order valence-electron chi connectivity index (χ3n) is 2.35. The van der Waals surface area contributed by atoms with Crippen LogP contribution in [-0.4, -0.2) is 25.5 Å². The molecule has 2 N–H and O–H groups in total. The molecule has 0 aliphatic rings. The third kappa shape index (κ3) is 3.90. The maximum Gasteiger partial charge on any atom is 0.0295 e. The molecule has 1 unspecified atom stereocenters. The minimum absolute atomic E-state index is 0.191. The summed E-state index contributed by atoms with van der Waals surface area (Å²) >= 11 is 0. The van der Waals surface area contributed by atoms with Crippen molar-refractivity contribution in [2.45, 2.75) is 18.9 Å². The average Bonchev–Trinajstić information content (AvgIpc) is 2.18. The molecule has 78 valence electrons. The zero-order chi connectivity index (χ0) is 10.4. The summed E-state index contributed by atoms with van der Waals surface area (Å²) in [6.45, 7) is 1.11. The molecule has 1 aromatic carbocycles. The van der Waals surface area contributed by atoms with Crippen LogP contribution >= 0.6 is 0 Å². The maximum atomic E-state index is 6.06. The molecule has 0 bridgehead atoms. The van der Waals surface area contributed by atoms with E-state index in [0.717, 1.165) is 19.4 Å². The van der Waals surface area contributed by atoms with Crippen molar-refractivity contribution >= 4 is 0 Å². The summed E-state index contributed by atoms with van der Waals surface area (Å²) in [5, 5.41) is 0. The molecule has 0 fully saturated rings. The lowest BCUT2D eigenvalue weighted by atomic mass is 10.0. The van der Waals surface area contributed by atoms with Crippen molar-refractivity contribution < 1.29 is 0 Å². The van der Waals surface area contributed by atoms with Crippen LogP contribution in [0.3, 0.4) is 0 Å². The Morgan fingerprint density at radius 2 is 1.86 bits per heavy atom. The fourth-order valence-electron chi connectivity index (χ4n) is 1.49. The standard InChI is InChI=1S/C12H20N2/c1-14(2)10-6-9-12(13)11-7-4-3-5-8-11/h3-5,7-8,12H,6,9-10,13H2,1-2H3. The Labute approximate surface area is 86.7 Å². The van der Waals surface area contributed by atoms with Crippen molar-refractivity contribution in [1.29, 1.82) is 0 Å². The van der Waals surface area contributed by atoms with E-state index < -0.39 is 0 Å². The van der Waals surface area contributed by atoms with Crippen LogP contribution in [-0.2, 0) is 0 Å². The Hall–Kier alpha value is -0.860. The van der Waals surface area contributed by atoms with Crippen LogP contribution in [0.15, 0.2) is 30.3 Å². The van der Waals surface area contributed by atoms with E-state index in [9.17, 15) is 0 Å². The van der Waals surface area contributed by atoms with Gasteiger partial charge in [0.05, 0.1) is 0 Å². The molecule has 0 aromatic heterocycles. The first-order valence-electron chi connectivity index (χ1n) is 5.15. The first-order chi connectivity index (χ1) is 6.70. The zero-order valence-electron chi connectivity index (χ0n) is 9.11. The molecule has 0 spiro atoms. The van der Waals surface area contributed by atoms with Gasteiger partial charge in [-0.2, -0.15) is 0 Å². The molecule has 0 heterocycles. The summed E-state index contributed by atoms with van der Waals surface area (Å²) in [6, 6.07) is 10.5. The van der Waals surface area contributed by atoms with E-state index in [1.54, 1.807) is 0 Å². The molecule has 0 amide bonds. The number of nitrogens with zero attached hydrogens (tertiary/aromatic N) is 1. The van der Waals surface area contributed by atoms with E-state index in [-0.39, 0.29) is 6.04 Å². The molecule has 1 rings (SSSR count). The summed E-state index contributed by atoms with van der Waals surface area (Å²) in [4.78, 5) is 2.19. The molecule has 0 saturated carbocycles. The van der Waals surface area contributed by atoms with Crippen molar-refractivity contribution in [3.8, 4) is 0 Å². The zero-order valence-corrected chi connectivity index (χ0v) is 9.11. The predicted molar refractivity (Wildman–Crippen MR) is 61.2 cm³/mol. The Balaban J connectivity index is 2.32. The monoisotopic (exact) mass is 192 g/mol. The molecule has 0 aliphatic carbocycles. The Morgan fingerprint density at radius 1 is 1.21 bits per heavy atom. The highest BCUT2D eigenvalue weighted by Crippen LogP contribution is 2.14. The predicted octanol–water partition coefficient (Wildman–Crippen LogP) is 2.03. The van der Waals surface area contributed by atoms with Crippen LogP contribution < -0.4 is 5.73 Å². The van der Waals surface area contributed by atoms with Gasteiger partial charge >= 0.3 is 0 Å². The van der Waals surface area contributed by atoms with E-state index in [1.807, 2.05) is 18.2 Å². The lowest BCUT2D eigenvalue weighted by Crippen LogP contribution is -2.16. The quantitative estimate of drug-likeness (QED) is 0.773. The van der Waals surface area contributed by atoms with E-state index in [1.165, 1.54) is 5.56 Å². The Bertz CT molecular complexity index is 244. The van der Waals surface area contributed by atoms with Crippen LogP contribution in [0.4, 0.5) is 0 Å². The fraction of sp³-hybridized carbons (Fsp3) is 0.500. The topological polar surface area (TPSA) is 29.3 Å². The maximum absolute atomic E-state index is 6.06. The molecule has 0 saturated heterocycles. The van der Waals surface area contributed by atoms with Gasteiger partial charge in [-0.25, -0.2) is 0 Å². The van der Waals surface area contributed by atoms with Crippen LogP contribution in [0, 0.1) is 0 Å². The molecule has 2 nitrogen and oxygen atoms in total. The molecule has 1 atom stereocenters. The number of benzene rings is 1. The molecule has 0 radical (unpaired) electrons. The van der Waals surface area contributed by atoms with Crippen molar-refractivity contribution in [1.82, 2.24) is 4.90 Å². The van der Waals surface area contributed by atoms with Crippen LogP contribution in [0.1, 0.15) is 24.4 Å². The van der Waals surface area contributed by atoms with Gasteiger partial charge in [-0.1, -0.05) is 30.3 Å². The number of hydrogen-bond donors (Lipinski definition) is 1. The van der Waals surface area contributed by atoms with Crippen LogP contribution in [0.5, 0.6) is 0 Å². The number of rotatable bonds is 5. The van der Waals surface area contributed by atoms with Gasteiger partial charge in [-0.05, 0) is 39.0 Å². The summed E-state index contributed by atoms with van der Waals surface area (Å²) in [5.41, 5.74) is 7.30. The normalized spacial score (nSPS) is 13.1. The van der Waals surface area contributed by atoms with Crippen molar-refractivity contribution in [3.63, 3.8) is 0 Å². The molecular weight excluding hydrogens is 172 g/mol. The Kier molecular flexibility index (Phi) is 4.63. The highest BCUT2D eigenvalue weighted by molar-refractivity contribution is 5.18. The second kappa shape index (κ2) is 5.78. The van der Waals surface area contributed by atoms with Gasteiger partial charge < -0.3 is 10.6 Å². The largest absolute Gasteiger partial charge is 0.324 e. The first-order valence-corrected chi connectivity index (χ1v) is 5.15. The van der Waals surface area contributed by atoms with Gasteiger partial charge in [0.2, 0.25) is 0 Å². The van der Waals surface area contributed by atoms with Gasteiger partial charge in [0, 0.05) is 6.04 Å². The first kappa shape index (κ1) is 11.2. The second-order valence-corrected chi connectivity index (χ2v) is 3.96. The number of hydrogen-bond acceptors (Lipinski definition) is 2. The SMILES string of the molecule is CN(C)CCCC(N)c1ccccc1. The summed E-state index contributed by atoms with van der Waals surface area (Å²) in [6.07, 6.45) is 2.21. The minimum atomic E-state index is 0.191. The van der Waals surface area contributed by atoms with E-state index in [4.69, 9.17) is 5.73 Å². The molecule has 14 heavy (non-hydrogen) atoms. The highest BCUT2D eigenvalue weighted by Gasteiger charge is 2.04. The summed E-state index contributed by atoms with van der Waals surface area (Å²) < 4.78 is 0. The Morgan fingerprint density at radius 3 is 2.43 bits per heavy atom. The van der Waals surface area contributed by atoms with Crippen molar-refractivity contribution in [2.75, 3.05) is 20.6 Å². The third-order valence-corrected chi connectivity index (χ3v) is 2.35. The van der Waals surface area contributed by atoms with Crippen LogP contribution in [0.25, 0.3) is 0 Å². The van der Waals surface area contributed by atoms with E-state index >= 15 is 0 Å². The molecule has 2 heteroatoms. The van der Waals surface area contributed by atoms with E-state index in [0.29, 0.717) is 0 Å². The molecular formula is C12H20N2. The summed E-state index contributed by atoms with van der Waals surface area (Å²) in [5.74, 6) is 0. The molecule has 1 aromatic rings. The smallest absolute Gasteiger partial charge is 0.0295 e. The van der Waals surface area contributed by atoms with E-state index in [2.05, 4.69) is 31.1 Å². The van der Waals surface area contributed by atoms with Gasteiger partial charge in [0.1, 0.15) is 0 Å². The fourth-order valence-corrected chi connectivity index (χ4v) is 1.49. The van der Waals surface area contributed by atoms with Crippen molar-refractivity contribution in [2.24, 2.45) is 5.73 Å². The van der Waals surface area contributed by atoms with Gasteiger partial charge in [0.15, 0.2) is 0 Å². The molecule has 0 aliphatic heterocycles. The average molecular weight is 192 g/mol. The van der Waals surface area contributed by atoms with Gasteiger partial charge in [0.25, 0.3) is 0 Å². The van der Waals surface area contributed by atoms with Gasteiger partial charge in [-0.15, -0.1) is 0 Å². The summed E-state index contributed by atoms with van der Waals surface area (Å²) in [7, 11) is 4.18. The second-order valence-electron chi connectivity index (χ2n) is 3.96. The minimum Gasteiger partial charge on any atom is -0.324 e. The van der Waals surface area contributed by atoms with Crippen molar-refractivity contribution in [3.05, 3.63) is 35.9 Å². The lowest BCUT2D eigenvalue weighted by Gasteiger charge is -2.14.